The molecule has 2 amide bonds. The molecular weight excluding hydrogens is 424 g/mol. The summed E-state index contributed by atoms with van der Waals surface area (Å²) < 4.78 is 5.91. The predicted octanol–water partition coefficient (Wildman–Crippen LogP) is 5.76. The molecule has 1 aliphatic heterocycles. The van der Waals surface area contributed by atoms with Crippen molar-refractivity contribution in [3.05, 3.63) is 83.1 Å². The van der Waals surface area contributed by atoms with Crippen LogP contribution in [0.15, 0.2) is 71.1 Å². The molecular formula is C26H27ClN2O3. The van der Waals surface area contributed by atoms with Crippen LogP contribution < -0.4 is 0 Å². The average Bonchev–Trinajstić information content (AvgIpc) is 3.33. The summed E-state index contributed by atoms with van der Waals surface area (Å²) in [5.74, 6) is 0.834. The van der Waals surface area contributed by atoms with Gasteiger partial charge in [-0.05, 0) is 55.7 Å². The molecule has 5 nitrogen and oxygen atoms in total. The molecule has 166 valence electrons. The van der Waals surface area contributed by atoms with E-state index in [0.717, 1.165) is 24.8 Å². The Bertz CT molecular complexity index is 1070. The molecule has 1 aromatic heterocycles. The Labute approximate surface area is 193 Å². The van der Waals surface area contributed by atoms with Gasteiger partial charge < -0.3 is 14.2 Å². The van der Waals surface area contributed by atoms with Crippen molar-refractivity contribution in [2.24, 2.45) is 0 Å². The number of carbonyl (C=O) groups is 2. The topological polar surface area (TPSA) is 53.8 Å². The summed E-state index contributed by atoms with van der Waals surface area (Å²) in [7, 11) is 0. The van der Waals surface area contributed by atoms with Crippen molar-refractivity contribution in [3.8, 4) is 11.3 Å². The minimum absolute atomic E-state index is 0.0489. The van der Waals surface area contributed by atoms with Crippen LogP contribution in [0.5, 0.6) is 0 Å². The van der Waals surface area contributed by atoms with Crippen LogP contribution in [-0.4, -0.2) is 47.3 Å². The Balaban J connectivity index is 1.45. The Morgan fingerprint density at radius 3 is 2.38 bits per heavy atom. The van der Waals surface area contributed by atoms with E-state index in [-0.39, 0.29) is 17.9 Å². The number of furan rings is 1. The van der Waals surface area contributed by atoms with Crippen molar-refractivity contribution in [3.63, 3.8) is 0 Å². The molecule has 0 bridgehead atoms. The van der Waals surface area contributed by atoms with Crippen LogP contribution >= 0.6 is 11.6 Å². The summed E-state index contributed by atoms with van der Waals surface area (Å²) in [6, 6.07) is 20.4. The zero-order valence-electron chi connectivity index (χ0n) is 18.2. The van der Waals surface area contributed by atoms with Gasteiger partial charge in [0.05, 0.1) is 5.02 Å². The summed E-state index contributed by atoms with van der Waals surface area (Å²) in [5.41, 5.74) is 1.47. The van der Waals surface area contributed by atoms with Gasteiger partial charge in [0, 0.05) is 36.8 Å². The van der Waals surface area contributed by atoms with Crippen LogP contribution in [0.1, 0.15) is 47.1 Å². The van der Waals surface area contributed by atoms with Gasteiger partial charge in [-0.1, -0.05) is 48.9 Å². The van der Waals surface area contributed by atoms with Crippen LogP contribution in [-0.2, 0) is 0 Å². The normalized spacial score (nSPS) is 14.4. The molecule has 1 aliphatic rings. The molecule has 0 aliphatic carbocycles. The number of halogens is 1. The van der Waals surface area contributed by atoms with Crippen molar-refractivity contribution in [2.45, 2.75) is 32.2 Å². The Morgan fingerprint density at radius 2 is 1.69 bits per heavy atom. The molecule has 0 N–H and O–H groups in total. The maximum absolute atomic E-state index is 13.3. The second-order valence-corrected chi connectivity index (χ2v) is 8.44. The lowest BCUT2D eigenvalue weighted by Crippen LogP contribution is -2.49. The third-order valence-corrected chi connectivity index (χ3v) is 6.22. The number of nitrogens with zero attached hydrogens (tertiary/aromatic N) is 2. The fourth-order valence-electron chi connectivity index (χ4n) is 4.23. The fourth-order valence-corrected chi connectivity index (χ4v) is 4.46. The number of hydrogen-bond acceptors (Lipinski definition) is 3. The highest BCUT2D eigenvalue weighted by Gasteiger charge is 2.31. The van der Waals surface area contributed by atoms with Crippen LogP contribution in [0.2, 0.25) is 5.02 Å². The van der Waals surface area contributed by atoms with E-state index in [9.17, 15) is 9.59 Å². The smallest absolute Gasteiger partial charge is 0.289 e. The molecule has 0 radical (unpaired) electrons. The summed E-state index contributed by atoms with van der Waals surface area (Å²) >= 11 is 6.28. The maximum atomic E-state index is 13.3. The predicted molar refractivity (Wildman–Crippen MR) is 126 cm³/mol. The second kappa shape index (κ2) is 10.0. The number of piperidine rings is 1. The van der Waals surface area contributed by atoms with E-state index in [2.05, 4.69) is 6.92 Å². The first-order valence-corrected chi connectivity index (χ1v) is 11.5. The number of likely N-dealkylation sites (tertiary alicyclic amines) is 1. The molecule has 4 rings (SSSR count). The average molecular weight is 451 g/mol. The molecule has 1 fully saturated rings. The van der Waals surface area contributed by atoms with Gasteiger partial charge in [-0.2, -0.15) is 0 Å². The summed E-state index contributed by atoms with van der Waals surface area (Å²) in [6.07, 6.45) is 2.36. The zero-order valence-corrected chi connectivity index (χ0v) is 18.9. The van der Waals surface area contributed by atoms with E-state index >= 15 is 0 Å². The Morgan fingerprint density at radius 1 is 1.00 bits per heavy atom. The first kappa shape index (κ1) is 22.2. The van der Waals surface area contributed by atoms with Gasteiger partial charge in [0.15, 0.2) is 5.76 Å². The van der Waals surface area contributed by atoms with Crippen LogP contribution in [0.3, 0.4) is 0 Å². The van der Waals surface area contributed by atoms with Crippen molar-refractivity contribution in [1.82, 2.24) is 9.80 Å². The Hall–Kier alpha value is -3.05. The van der Waals surface area contributed by atoms with Gasteiger partial charge in [0.25, 0.3) is 11.8 Å². The largest absolute Gasteiger partial charge is 0.451 e. The monoisotopic (exact) mass is 450 g/mol. The molecule has 0 spiro atoms. The van der Waals surface area contributed by atoms with Crippen molar-refractivity contribution in [1.29, 1.82) is 0 Å². The molecule has 0 saturated carbocycles. The van der Waals surface area contributed by atoms with Gasteiger partial charge in [-0.25, -0.2) is 0 Å². The number of carbonyl (C=O) groups excluding carboxylic acids is 2. The lowest BCUT2D eigenvalue weighted by Gasteiger charge is -2.38. The third-order valence-electron chi connectivity index (χ3n) is 5.89. The van der Waals surface area contributed by atoms with Gasteiger partial charge in [0.1, 0.15) is 5.76 Å². The van der Waals surface area contributed by atoms with Crippen LogP contribution in [0, 0.1) is 0 Å². The second-order valence-electron chi connectivity index (χ2n) is 8.03. The van der Waals surface area contributed by atoms with Gasteiger partial charge >= 0.3 is 0 Å². The minimum atomic E-state index is -0.113. The molecule has 0 atom stereocenters. The minimum Gasteiger partial charge on any atom is -0.451 e. The SMILES string of the molecule is CCCN(C(=O)c1ccc(-c2ccccc2Cl)o1)C1CCN(C(=O)c2ccccc2)CC1. The van der Waals surface area contributed by atoms with E-state index < -0.39 is 0 Å². The molecule has 1 saturated heterocycles. The van der Waals surface area contributed by atoms with Crippen LogP contribution in [0.25, 0.3) is 11.3 Å². The van der Waals surface area contributed by atoms with Crippen LogP contribution in [0.4, 0.5) is 0 Å². The number of benzene rings is 2. The summed E-state index contributed by atoms with van der Waals surface area (Å²) in [5, 5.41) is 0.585. The van der Waals surface area contributed by atoms with E-state index in [1.54, 1.807) is 18.2 Å². The highest BCUT2D eigenvalue weighted by atomic mass is 35.5. The molecule has 32 heavy (non-hydrogen) atoms. The molecule has 0 unspecified atom stereocenters. The number of rotatable bonds is 6. The first-order chi connectivity index (χ1) is 15.6. The van der Waals surface area contributed by atoms with E-state index in [0.29, 0.717) is 41.7 Å². The van der Waals surface area contributed by atoms with Gasteiger partial charge in [-0.15, -0.1) is 0 Å². The van der Waals surface area contributed by atoms with E-state index in [1.165, 1.54) is 0 Å². The van der Waals surface area contributed by atoms with E-state index in [1.807, 2.05) is 58.3 Å². The third kappa shape index (κ3) is 4.73. The van der Waals surface area contributed by atoms with Gasteiger partial charge in [-0.3, -0.25) is 9.59 Å². The summed E-state index contributed by atoms with van der Waals surface area (Å²) in [4.78, 5) is 29.8. The summed E-state index contributed by atoms with van der Waals surface area (Å²) in [6.45, 7) is 3.98. The van der Waals surface area contributed by atoms with Crippen molar-refractivity contribution < 1.29 is 14.0 Å². The molecule has 2 heterocycles. The number of amides is 2. The van der Waals surface area contributed by atoms with Crippen molar-refractivity contribution >= 4 is 23.4 Å². The Kier molecular flexibility index (Phi) is 6.96. The molecule has 6 heteroatoms. The number of hydrogen-bond donors (Lipinski definition) is 0. The van der Waals surface area contributed by atoms with Crippen molar-refractivity contribution in [2.75, 3.05) is 19.6 Å². The van der Waals surface area contributed by atoms with E-state index in [4.69, 9.17) is 16.0 Å². The standard InChI is InChI=1S/C26H27ClN2O3/c1-2-16-29(20-14-17-28(18-15-20)25(30)19-8-4-3-5-9-19)26(31)24-13-12-23(32-24)21-10-6-7-11-22(21)27/h3-13,20H,2,14-18H2,1H3. The molecule has 3 aromatic rings. The quantitative estimate of drug-likeness (QED) is 0.480. The molecule has 2 aromatic carbocycles. The lowest BCUT2D eigenvalue weighted by molar-refractivity contribution is 0.0499. The highest BCUT2D eigenvalue weighted by molar-refractivity contribution is 6.33. The fraction of sp³-hybridized carbons (Fsp3) is 0.308. The highest BCUT2D eigenvalue weighted by Crippen LogP contribution is 2.30. The first-order valence-electron chi connectivity index (χ1n) is 11.1. The maximum Gasteiger partial charge on any atom is 0.289 e. The lowest BCUT2D eigenvalue weighted by atomic mass is 10.0. The van der Waals surface area contributed by atoms with Gasteiger partial charge in [0.2, 0.25) is 0 Å². The zero-order chi connectivity index (χ0) is 22.5.